The van der Waals surface area contributed by atoms with Gasteiger partial charge in [-0.05, 0) is 23.8 Å². The second kappa shape index (κ2) is 4.85. The Morgan fingerprint density at radius 3 is 2.40 bits per heavy atom. The minimum absolute atomic E-state index is 0.306. The van der Waals surface area contributed by atoms with Crippen molar-refractivity contribution in [2.75, 3.05) is 19.0 Å². The highest BCUT2D eigenvalue weighted by atomic mass is 16.4. The number of rotatable bonds is 2. The molecule has 2 aromatic carbocycles. The van der Waals surface area contributed by atoms with Gasteiger partial charge < -0.3 is 9.32 Å². The lowest BCUT2D eigenvalue weighted by Gasteiger charge is -2.12. The van der Waals surface area contributed by atoms with E-state index in [1.165, 1.54) is 0 Å². The molecule has 0 saturated carbocycles. The molecule has 0 amide bonds. The minimum Gasteiger partial charge on any atom is -0.422 e. The summed E-state index contributed by atoms with van der Waals surface area (Å²) in [5.74, 6) is 0. The van der Waals surface area contributed by atoms with E-state index in [1.54, 1.807) is 0 Å². The second-order valence-corrected chi connectivity index (χ2v) is 4.93. The molecule has 3 rings (SSSR count). The van der Waals surface area contributed by atoms with E-state index in [2.05, 4.69) is 0 Å². The van der Waals surface area contributed by atoms with Crippen LogP contribution in [0, 0.1) is 0 Å². The first-order chi connectivity index (χ1) is 9.65. The van der Waals surface area contributed by atoms with Gasteiger partial charge in [0.25, 0.3) is 0 Å². The number of anilines is 1. The van der Waals surface area contributed by atoms with Gasteiger partial charge in [-0.25, -0.2) is 4.79 Å². The monoisotopic (exact) mass is 265 g/mol. The fourth-order valence-corrected chi connectivity index (χ4v) is 2.20. The van der Waals surface area contributed by atoms with Crippen molar-refractivity contribution < 1.29 is 4.42 Å². The van der Waals surface area contributed by atoms with Crippen molar-refractivity contribution in [3.8, 4) is 11.1 Å². The van der Waals surface area contributed by atoms with Crippen LogP contribution in [0.4, 0.5) is 5.69 Å². The molecule has 1 aromatic heterocycles. The summed E-state index contributed by atoms with van der Waals surface area (Å²) >= 11 is 0. The van der Waals surface area contributed by atoms with Crippen LogP contribution in [0.1, 0.15) is 0 Å². The van der Waals surface area contributed by atoms with Crippen LogP contribution in [0.2, 0.25) is 0 Å². The minimum atomic E-state index is -0.306. The third kappa shape index (κ3) is 2.18. The van der Waals surface area contributed by atoms with Gasteiger partial charge in [0.1, 0.15) is 5.58 Å². The van der Waals surface area contributed by atoms with Gasteiger partial charge in [-0.3, -0.25) is 0 Å². The quantitative estimate of drug-likeness (QED) is 0.665. The predicted octanol–water partition coefficient (Wildman–Crippen LogP) is 3.53. The Bertz CT molecular complexity index is 804. The highest BCUT2D eigenvalue weighted by Gasteiger charge is 2.08. The molecular formula is C17H15NO2. The summed E-state index contributed by atoms with van der Waals surface area (Å²) in [5.41, 5.74) is 2.78. The van der Waals surface area contributed by atoms with Gasteiger partial charge in [-0.15, -0.1) is 0 Å². The summed E-state index contributed by atoms with van der Waals surface area (Å²) in [7, 11) is 3.91. The lowest BCUT2D eigenvalue weighted by Crippen LogP contribution is -2.08. The van der Waals surface area contributed by atoms with Crippen molar-refractivity contribution in [3.63, 3.8) is 0 Å². The summed E-state index contributed by atoms with van der Waals surface area (Å²) in [4.78, 5) is 14.1. The molecule has 3 nitrogen and oxygen atoms in total. The van der Waals surface area contributed by atoms with Gasteiger partial charge >= 0.3 is 5.63 Å². The van der Waals surface area contributed by atoms with Crippen LogP contribution < -0.4 is 10.5 Å². The Labute approximate surface area is 117 Å². The topological polar surface area (TPSA) is 33.5 Å². The molecular weight excluding hydrogens is 250 g/mol. The fraction of sp³-hybridized carbons (Fsp3) is 0.118. The van der Waals surface area contributed by atoms with E-state index in [4.69, 9.17) is 4.42 Å². The molecule has 0 spiro atoms. The summed E-state index contributed by atoms with van der Waals surface area (Å²) in [6, 6.07) is 17.3. The van der Waals surface area contributed by atoms with Crippen LogP contribution in [0.15, 0.2) is 63.8 Å². The van der Waals surface area contributed by atoms with Crippen molar-refractivity contribution in [1.82, 2.24) is 0 Å². The summed E-state index contributed by atoms with van der Waals surface area (Å²) in [6.45, 7) is 0. The van der Waals surface area contributed by atoms with Gasteiger partial charge in [0.05, 0.1) is 5.56 Å². The maximum Gasteiger partial charge on any atom is 0.344 e. The number of hydrogen-bond acceptors (Lipinski definition) is 3. The van der Waals surface area contributed by atoms with E-state index < -0.39 is 0 Å². The number of hydrogen-bond donors (Lipinski definition) is 0. The zero-order valence-corrected chi connectivity index (χ0v) is 11.5. The summed E-state index contributed by atoms with van der Waals surface area (Å²) in [5, 5.41) is 0.925. The fourth-order valence-electron chi connectivity index (χ4n) is 2.20. The molecule has 0 saturated heterocycles. The smallest absolute Gasteiger partial charge is 0.344 e. The van der Waals surface area contributed by atoms with Crippen LogP contribution in [-0.2, 0) is 0 Å². The zero-order chi connectivity index (χ0) is 14.1. The lowest BCUT2D eigenvalue weighted by atomic mass is 10.1. The maximum absolute atomic E-state index is 12.1. The molecule has 0 radical (unpaired) electrons. The van der Waals surface area contributed by atoms with Gasteiger partial charge in [0.2, 0.25) is 0 Å². The molecule has 0 fully saturated rings. The van der Waals surface area contributed by atoms with E-state index in [-0.39, 0.29) is 5.63 Å². The third-order valence-corrected chi connectivity index (χ3v) is 3.32. The van der Waals surface area contributed by atoms with E-state index in [0.29, 0.717) is 11.1 Å². The van der Waals surface area contributed by atoms with Crippen LogP contribution in [0.25, 0.3) is 22.1 Å². The normalized spacial score (nSPS) is 10.7. The van der Waals surface area contributed by atoms with Crippen molar-refractivity contribution in [2.24, 2.45) is 0 Å². The molecule has 0 unspecified atom stereocenters. The SMILES string of the molecule is CN(C)c1ccc2cc(-c3ccccc3)c(=O)oc2c1. The van der Waals surface area contributed by atoms with E-state index in [0.717, 1.165) is 16.6 Å². The third-order valence-electron chi connectivity index (χ3n) is 3.32. The zero-order valence-electron chi connectivity index (χ0n) is 11.5. The van der Waals surface area contributed by atoms with E-state index in [1.807, 2.05) is 73.6 Å². The highest BCUT2D eigenvalue weighted by Crippen LogP contribution is 2.24. The second-order valence-electron chi connectivity index (χ2n) is 4.93. The number of nitrogens with zero attached hydrogens (tertiary/aromatic N) is 1. The van der Waals surface area contributed by atoms with Crippen LogP contribution in [-0.4, -0.2) is 14.1 Å². The average Bonchev–Trinajstić information content (AvgIpc) is 2.46. The maximum atomic E-state index is 12.1. The van der Waals surface area contributed by atoms with Crippen LogP contribution in [0.5, 0.6) is 0 Å². The van der Waals surface area contributed by atoms with Crippen LogP contribution in [0.3, 0.4) is 0 Å². The highest BCUT2D eigenvalue weighted by molar-refractivity contribution is 5.84. The van der Waals surface area contributed by atoms with Crippen molar-refractivity contribution >= 4 is 16.7 Å². The van der Waals surface area contributed by atoms with Crippen molar-refractivity contribution in [3.05, 3.63) is 65.0 Å². The van der Waals surface area contributed by atoms with Crippen LogP contribution >= 0.6 is 0 Å². The van der Waals surface area contributed by atoms with Gasteiger partial charge in [-0.2, -0.15) is 0 Å². The molecule has 0 aliphatic heterocycles. The van der Waals surface area contributed by atoms with Crippen molar-refractivity contribution in [1.29, 1.82) is 0 Å². The molecule has 1 heterocycles. The molecule has 3 aromatic rings. The molecule has 0 aliphatic carbocycles. The Kier molecular flexibility index (Phi) is 3.03. The van der Waals surface area contributed by atoms with Gasteiger partial charge in [-0.1, -0.05) is 30.3 Å². The molecule has 20 heavy (non-hydrogen) atoms. The van der Waals surface area contributed by atoms with E-state index >= 15 is 0 Å². The molecule has 0 N–H and O–H groups in total. The van der Waals surface area contributed by atoms with Gasteiger partial charge in [0, 0.05) is 31.2 Å². The Morgan fingerprint density at radius 1 is 0.950 bits per heavy atom. The van der Waals surface area contributed by atoms with Crippen molar-refractivity contribution in [2.45, 2.75) is 0 Å². The summed E-state index contributed by atoms with van der Waals surface area (Å²) in [6.07, 6.45) is 0. The first-order valence-corrected chi connectivity index (χ1v) is 6.46. The molecule has 0 bridgehead atoms. The first-order valence-electron chi connectivity index (χ1n) is 6.46. The molecule has 3 heteroatoms. The molecule has 0 aliphatic rings. The average molecular weight is 265 g/mol. The summed E-state index contributed by atoms with van der Waals surface area (Å²) < 4.78 is 5.46. The molecule has 0 atom stereocenters. The lowest BCUT2D eigenvalue weighted by molar-refractivity contribution is 0.563. The standard InChI is InChI=1S/C17H15NO2/c1-18(2)14-9-8-13-10-15(12-6-4-3-5-7-12)17(19)20-16(13)11-14/h3-11H,1-2H3. The predicted molar refractivity (Wildman–Crippen MR) is 82.2 cm³/mol. The largest absolute Gasteiger partial charge is 0.422 e. The molecule has 100 valence electrons. The number of fused-ring (bicyclic) bond motifs is 1. The van der Waals surface area contributed by atoms with Gasteiger partial charge in [0.15, 0.2) is 0 Å². The first kappa shape index (κ1) is 12.5. The Morgan fingerprint density at radius 2 is 1.70 bits per heavy atom. The Hall–Kier alpha value is -2.55. The number of benzene rings is 2. The Balaban J connectivity index is 2.21. The van der Waals surface area contributed by atoms with E-state index in [9.17, 15) is 4.79 Å².